The first kappa shape index (κ1) is 25.1. The van der Waals surface area contributed by atoms with Crippen molar-refractivity contribution in [2.45, 2.75) is 45.3 Å². The Balaban J connectivity index is 0.000000241. The summed E-state index contributed by atoms with van der Waals surface area (Å²) in [6, 6.07) is 0.248. The Hall–Kier alpha value is -2.90. The van der Waals surface area contributed by atoms with E-state index in [1.807, 2.05) is 0 Å². The van der Waals surface area contributed by atoms with Crippen LogP contribution in [0.3, 0.4) is 0 Å². The Morgan fingerprint density at radius 2 is 1.57 bits per heavy atom. The molecule has 2 saturated heterocycles. The molecule has 13 nitrogen and oxygen atoms in total. The fourth-order valence-electron chi connectivity index (χ4n) is 2.60. The molecule has 13 heteroatoms. The molecule has 2 aliphatic heterocycles. The summed E-state index contributed by atoms with van der Waals surface area (Å²) in [7, 11) is 0. The zero-order valence-electron chi connectivity index (χ0n) is 15.8. The summed E-state index contributed by atoms with van der Waals surface area (Å²) < 4.78 is 11.8. The number of aromatic nitrogens is 4. The molecule has 2 aromatic heterocycles. The van der Waals surface area contributed by atoms with Gasteiger partial charge in [0, 0.05) is 26.4 Å². The molecule has 2 fully saturated rings. The van der Waals surface area contributed by atoms with E-state index in [0.29, 0.717) is 13.2 Å². The summed E-state index contributed by atoms with van der Waals surface area (Å²) in [6.07, 6.45) is 8.44. The van der Waals surface area contributed by atoms with Gasteiger partial charge in [-0.15, -0.1) is 0 Å². The number of rotatable bonds is 3. The van der Waals surface area contributed by atoms with Crippen molar-refractivity contribution in [2.24, 2.45) is 0 Å². The lowest BCUT2D eigenvalue weighted by Crippen LogP contribution is -2.19. The van der Waals surface area contributed by atoms with Gasteiger partial charge in [-0.2, -0.15) is 10.2 Å². The van der Waals surface area contributed by atoms with Crippen LogP contribution in [0.25, 0.3) is 0 Å². The molecule has 4 heterocycles. The maximum absolute atomic E-state index is 10.4. The topological polar surface area (TPSA) is 171 Å². The zero-order chi connectivity index (χ0) is 21.1. The lowest BCUT2D eigenvalue weighted by Gasteiger charge is -2.21. The highest BCUT2D eigenvalue weighted by atomic mass is 16.6. The van der Waals surface area contributed by atoms with Crippen LogP contribution in [0.4, 0.5) is 11.4 Å². The van der Waals surface area contributed by atoms with Crippen molar-refractivity contribution in [1.29, 1.82) is 0 Å². The van der Waals surface area contributed by atoms with Gasteiger partial charge in [0.2, 0.25) is 0 Å². The second-order valence-corrected chi connectivity index (χ2v) is 6.34. The summed E-state index contributed by atoms with van der Waals surface area (Å²) in [6.45, 7) is 2.89. The summed E-state index contributed by atoms with van der Waals surface area (Å²) in [5.74, 6) is 0. The number of H-pyrrole nitrogens is 1. The first-order chi connectivity index (χ1) is 14.0. The first-order valence-electron chi connectivity index (χ1n) is 9.12. The van der Waals surface area contributed by atoms with Gasteiger partial charge in [-0.3, -0.25) is 30.0 Å². The van der Waals surface area contributed by atoms with Gasteiger partial charge in [0.25, 0.3) is 0 Å². The molecule has 2 aromatic rings. The highest BCUT2D eigenvalue weighted by Crippen LogP contribution is 2.21. The van der Waals surface area contributed by atoms with Gasteiger partial charge in [0.1, 0.15) is 18.6 Å². The van der Waals surface area contributed by atoms with Crippen LogP contribution < -0.4 is 0 Å². The normalized spacial score (nSPS) is 16.8. The van der Waals surface area contributed by atoms with Crippen molar-refractivity contribution in [3.63, 3.8) is 0 Å². The van der Waals surface area contributed by atoms with Crippen LogP contribution in [0.5, 0.6) is 0 Å². The van der Waals surface area contributed by atoms with E-state index in [0.717, 1.165) is 45.1 Å². The van der Waals surface area contributed by atoms with Gasteiger partial charge in [-0.25, -0.2) is 0 Å². The zero-order valence-corrected chi connectivity index (χ0v) is 15.8. The molecular formula is C17H28N6O7. The molecule has 0 spiro atoms. The summed E-state index contributed by atoms with van der Waals surface area (Å²) >= 11 is 0. The molecule has 2 N–H and O–H groups in total. The Bertz CT molecular complexity index is 740. The van der Waals surface area contributed by atoms with E-state index in [2.05, 4.69) is 15.3 Å². The minimum Gasteiger partial charge on any atom is -0.393 e. The SMILES string of the molecule is C.O=[N+]([O-])c1cn[nH]c1.O=[N+]([O-])c1cnn(C2CCOCC2)c1.OC1CCOCC1. The molecular weight excluding hydrogens is 400 g/mol. The molecule has 0 aromatic carbocycles. The van der Waals surface area contributed by atoms with Crippen LogP contribution in [0.2, 0.25) is 0 Å². The molecule has 0 unspecified atom stereocenters. The van der Waals surface area contributed by atoms with Crippen LogP contribution in [0.1, 0.15) is 39.2 Å². The first-order valence-corrected chi connectivity index (χ1v) is 9.12. The van der Waals surface area contributed by atoms with Crippen LogP contribution in [0.15, 0.2) is 24.8 Å². The number of nitrogens with zero attached hydrogens (tertiary/aromatic N) is 5. The molecule has 0 amide bonds. The largest absolute Gasteiger partial charge is 0.393 e. The molecule has 0 radical (unpaired) electrons. The number of ether oxygens (including phenoxy) is 2. The van der Waals surface area contributed by atoms with E-state index < -0.39 is 9.85 Å². The van der Waals surface area contributed by atoms with Crippen molar-refractivity contribution < 1.29 is 24.4 Å². The molecule has 0 aliphatic carbocycles. The van der Waals surface area contributed by atoms with Crippen molar-refractivity contribution in [3.8, 4) is 0 Å². The molecule has 0 saturated carbocycles. The fraction of sp³-hybridized carbons (Fsp3) is 0.647. The summed E-state index contributed by atoms with van der Waals surface area (Å²) in [4.78, 5) is 19.3. The van der Waals surface area contributed by atoms with Gasteiger partial charge in [-0.05, 0) is 25.7 Å². The molecule has 30 heavy (non-hydrogen) atoms. The summed E-state index contributed by atoms with van der Waals surface area (Å²) in [5.41, 5.74) is 0.0430. The van der Waals surface area contributed by atoms with E-state index in [1.54, 1.807) is 4.68 Å². The fourth-order valence-corrected chi connectivity index (χ4v) is 2.60. The Morgan fingerprint density at radius 1 is 1.00 bits per heavy atom. The molecule has 2 aliphatic rings. The number of nitrogens with one attached hydrogen (secondary N) is 1. The van der Waals surface area contributed by atoms with E-state index in [4.69, 9.17) is 14.6 Å². The third kappa shape index (κ3) is 8.63. The van der Waals surface area contributed by atoms with Crippen LogP contribution >= 0.6 is 0 Å². The summed E-state index contributed by atoms with van der Waals surface area (Å²) in [5, 5.41) is 38.7. The number of aliphatic hydroxyl groups is 1. The maximum Gasteiger partial charge on any atom is 0.307 e. The molecule has 4 rings (SSSR count). The van der Waals surface area contributed by atoms with Gasteiger partial charge >= 0.3 is 11.4 Å². The minimum atomic E-state index is -0.510. The van der Waals surface area contributed by atoms with Crippen LogP contribution in [-0.4, -0.2) is 67.5 Å². The number of aromatic amines is 1. The quantitative estimate of drug-likeness (QED) is 0.549. The number of nitro groups is 2. The Morgan fingerprint density at radius 3 is 1.93 bits per heavy atom. The molecule has 0 bridgehead atoms. The van der Waals surface area contributed by atoms with E-state index in [1.165, 1.54) is 18.6 Å². The standard InChI is InChI=1S/C8H11N3O3.C5H10O2.C3H3N3O2.CH4/c12-11(13)8-5-9-10(6-8)7-1-3-14-4-2-7;6-5-1-3-7-4-2-5;7-6(8)3-1-4-5-2-3;/h5-7H,1-4H2;5-6H,1-4H2;1-2H,(H,4,5);1H4. The Labute approximate surface area is 173 Å². The van der Waals surface area contributed by atoms with Crippen molar-refractivity contribution in [2.75, 3.05) is 26.4 Å². The van der Waals surface area contributed by atoms with Crippen LogP contribution in [-0.2, 0) is 9.47 Å². The predicted octanol–water partition coefficient (Wildman–Crippen LogP) is 2.25. The number of aliphatic hydroxyl groups excluding tert-OH is 1. The van der Waals surface area contributed by atoms with E-state index >= 15 is 0 Å². The van der Waals surface area contributed by atoms with E-state index in [-0.39, 0.29) is 30.9 Å². The maximum atomic E-state index is 10.4. The van der Waals surface area contributed by atoms with Crippen molar-refractivity contribution in [3.05, 3.63) is 45.0 Å². The Kier molecular flexibility index (Phi) is 11.2. The van der Waals surface area contributed by atoms with Gasteiger partial charge < -0.3 is 14.6 Å². The van der Waals surface area contributed by atoms with Crippen molar-refractivity contribution in [1.82, 2.24) is 20.0 Å². The predicted molar refractivity (Wildman–Crippen MR) is 106 cm³/mol. The number of hydrogen-bond acceptors (Lipinski definition) is 9. The molecule has 168 valence electrons. The van der Waals surface area contributed by atoms with Gasteiger partial charge in [0.15, 0.2) is 0 Å². The number of hydrogen-bond donors (Lipinski definition) is 2. The van der Waals surface area contributed by atoms with E-state index in [9.17, 15) is 20.2 Å². The van der Waals surface area contributed by atoms with Gasteiger partial charge in [-0.1, -0.05) is 7.43 Å². The average Bonchev–Trinajstić information content (AvgIpc) is 3.43. The van der Waals surface area contributed by atoms with Crippen LogP contribution in [0, 0.1) is 20.2 Å². The lowest BCUT2D eigenvalue weighted by molar-refractivity contribution is -0.385. The third-order valence-corrected chi connectivity index (χ3v) is 4.25. The third-order valence-electron chi connectivity index (χ3n) is 4.25. The average molecular weight is 428 g/mol. The lowest BCUT2D eigenvalue weighted by atomic mass is 10.1. The second kappa shape index (κ2) is 13.3. The second-order valence-electron chi connectivity index (χ2n) is 6.34. The minimum absolute atomic E-state index is 0. The van der Waals surface area contributed by atoms with Crippen molar-refractivity contribution >= 4 is 11.4 Å². The highest BCUT2D eigenvalue weighted by molar-refractivity contribution is 5.21. The highest BCUT2D eigenvalue weighted by Gasteiger charge is 2.18. The monoisotopic (exact) mass is 428 g/mol. The smallest absolute Gasteiger partial charge is 0.307 e. The van der Waals surface area contributed by atoms with Gasteiger partial charge in [0.05, 0.1) is 28.2 Å². The molecule has 0 atom stereocenters.